The Morgan fingerprint density at radius 1 is 1.28 bits per heavy atom. The number of aliphatic hydroxyl groups excluding tert-OH is 1. The van der Waals surface area contributed by atoms with Gasteiger partial charge in [0, 0.05) is 40.2 Å². The zero-order chi connectivity index (χ0) is 14.0. The number of rotatable bonds is 9. The monoisotopic (exact) mass is 260 g/mol. The smallest absolute Gasteiger partial charge is 0.236 e. The number of hydrogen-bond donors (Lipinski definition) is 4. The summed E-state index contributed by atoms with van der Waals surface area (Å²) in [6, 6.07) is -0.660. The van der Waals surface area contributed by atoms with Crippen molar-refractivity contribution in [3.05, 3.63) is 0 Å². The van der Waals surface area contributed by atoms with E-state index in [9.17, 15) is 9.59 Å². The van der Waals surface area contributed by atoms with Crippen molar-refractivity contribution in [1.82, 2.24) is 15.5 Å². The summed E-state index contributed by atoms with van der Waals surface area (Å²) >= 11 is 0. The molecule has 0 saturated carbocycles. The van der Waals surface area contributed by atoms with Crippen LogP contribution in [0.4, 0.5) is 0 Å². The number of amides is 2. The standard InChI is InChI=1S/C11H24N4O3/c1-15(2)10(17)4-3-9(12)11(18)14-6-5-13-7-8-16/h9,13,16H,3-8,12H2,1-2H3,(H,14,18). The van der Waals surface area contributed by atoms with Crippen LogP contribution in [0.5, 0.6) is 0 Å². The Balaban J connectivity index is 3.66. The summed E-state index contributed by atoms with van der Waals surface area (Å²) in [7, 11) is 3.33. The van der Waals surface area contributed by atoms with Crippen LogP contribution < -0.4 is 16.4 Å². The van der Waals surface area contributed by atoms with Crippen molar-refractivity contribution in [3.63, 3.8) is 0 Å². The van der Waals surface area contributed by atoms with Crippen molar-refractivity contribution >= 4 is 11.8 Å². The molecule has 0 rings (SSSR count). The second-order valence-electron chi connectivity index (χ2n) is 4.20. The molecule has 2 amide bonds. The maximum atomic E-state index is 11.5. The van der Waals surface area contributed by atoms with Gasteiger partial charge in [0.25, 0.3) is 0 Å². The molecule has 0 aromatic carbocycles. The molecule has 0 fully saturated rings. The Hall–Kier alpha value is -1.18. The van der Waals surface area contributed by atoms with E-state index in [4.69, 9.17) is 10.8 Å². The fourth-order valence-electron chi connectivity index (χ4n) is 1.24. The van der Waals surface area contributed by atoms with Gasteiger partial charge in [-0.2, -0.15) is 0 Å². The Morgan fingerprint density at radius 2 is 1.94 bits per heavy atom. The highest BCUT2D eigenvalue weighted by molar-refractivity contribution is 5.82. The average Bonchev–Trinajstić information content (AvgIpc) is 2.34. The van der Waals surface area contributed by atoms with Crippen molar-refractivity contribution in [2.75, 3.05) is 40.3 Å². The summed E-state index contributed by atoms with van der Waals surface area (Å²) in [6.07, 6.45) is 0.608. The predicted octanol–water partition coefficient (Wildman–Crippen LogP) is -2.12. The van der Waals surface area contributed by atoms with Gasteiger partial charge >= 0.3 is 0 Å². The van der Waals surface area contributed by atoms with E-state index < -0.39 is 6.04 Å². The minimum absolute atomic E-state index is 0.0390. The summed E-state index contributed by atoms with van der Waals surface area (Å²) in [4.78, 5) is 24.3. The number of nitrogens with zero attached hydrogens (tertiary/aromatic N) is 1. The van der Waals surface area contributed by atoms with Gasteiger partial charge in [0.1, 0.15) is 0 Å². The van der Waals surface area contributed by atoms with Crippen LogP contribution in [0.3, 0.4) is 0 Å². The molecule has 0 aromatic rings. The van der Waals surface area contributed by atoms with Crippen LogP contribution in [0.15, 0.2) is 0 Å². The molecule has 0 spiro atoms. The van der Waals surface area contributed by atoms with Crippen molar-refractivity contribution < 1.29 is 14.7 Å². The van der Waals surface area contributed by atoms with Crippen LogP contribution in [0.1, 0.15) is 12.8 Å². The van der Waals surface area contributed by atoms with Gasteiger partial charge in [-0.25, -0.2) is 0 Å². The zero-order valence-corrected chi connectivity index (χ0v) is 11.1. The maximum absolute atomic E-state index is 11.5. The first-order chi connectivity index (χ1) is 8.49. The summed E-state index contributed by atoms with van der Waals surface area (Å²) in [6.45, 7) is 1.60. The topological polar surface area (TPSA) is 108 Å². The van der Waals surface area contributed by atoms with Crippen LogP contribution >= 0.6 is 0 Å². The van der Waals surface area contributed by atoms with Gasteiger partial charge in [-0.3, -0.25) is 9.59 Å². The van der Waals surface area contributed by atoms with E-state index in [1.165, 1.54) is 4.90 Å². The van der Waals surface area contributed by atoms with Gasteiger partial charge in [0.2, 0.25) is 11.8 Å². The van der Waals surface area contributed by atoms with E-state index in [0.717, 1.165) is 0 Å². The molecule has 0 bridgehead atoms. The molecule has 0 aliphatic heterocycles. The summed E-state index contributed by atoms with van der Waals surface area (Å²) < 4.78 is 0. The Kier molecular flexibility index (Phi) is 9.17. The van der Waals surface area contributed by atoms with Crippen LogP contribution in [0.25, 0.3) is 0 Å². The van der Waals surface area contributed by atoms with Crippen molar-refractivity contribution in [3.8, 4) is 0 Å². The lowest BCUT2D eigenvalue weighted by Gasteiger charge is -2.14. The van der Waals surface area contributed by atoms with Gasteiger partial charge in [0.05, 0.1) is 12.6 Å². The summed E-state index contributed by atoms with van der Waals surface area (Å²) in [5.74, 6) is -0.296. The molecule has 0 saturated heterocycles. The van der Waals surface area contributed by atoms with Gasteiger partial charge in [0.15, 0.2) is 0 Å². The molecule has 5 N–H and O–H groups in total. The fraction of sp³-hybridized carbons (Fsp3) is 0.818. The molecule has 7 heteroatoms. The van der Waals surface area contributed by atoms with E-state index in [0.29, 0.717) is 26.1 Å². The Bertz CT molecular complexity index is 259. The van der Waals surface area contributed by atoms with Crippen LogP contribution in [-0.2, 0) is 9.59 Å². The molecule has 7 nitrogen and oxygen atoms in total. The van der Waals surface area contributed by atoms with E-state index >= 15 is 0 Å². The number of carbonyl (C=O) groups is 2. The highest BCUT2D eigenvalue weighted by atomic mass is 16.3. The first-order valence-corrected chi connectivity index (χ1v) is 6.04. The van der Waals surface area contributed by atoms with E-state index in [1.54, 1.807) is 14.1 Å². The SMILES string of the molecule is CN(C)C(=O)CCC(N)C(=O)NCCNCCO. The van der Waals surface area contributed by atoms with Crippen LogP contribution in [0.2, 0.25) is 0 Å². The van der Waals surface area contributed by atoms with Crippen molar-refractivity contribution in [2.24, 2.45) is 5.73 Å². The van der Waals surface area contributed by atoms with Gasteiger partial charge in [-0.05, 0) is 6.42 Å². The number of carbonyl (C=O) groups excluding carboxylic acids is 2. The second-order valence-corrected chi connectivity index (χ2v) is 4.20. The first kappa shape index (κ1) is 16.8. The third kappa shape index (κ3) is 7.99. The molecular weight excluding hydrogens is 236 g/mol. The summed E-state index contributed by atoms with van der Waals surface area (Å²) in [5.41, 5.74) is 5.66. The summed E-state index contributed by atoms with van der Waals surface area (Å²) in [5, 5.41) is 14.1. The quantitative estimate of drug-likeness (QED) is 0.355. The zero-order valence-electron chi connectivity index (χ0n) is 11.1. The molecule has 1 atom stereocenters. The fourth-order valence-corrected chi connectivity index (χ4v) is 1.24. The van der Waals surface area contributed by atoms with Crippen LogP contribution in [-0.4, -0.2) is 68.2 Å². The number of nitrogens with one attached hydrogen (secondary N) is 2. The lowest BCUT2D eigenvalue weighted by Crippen LogP contribution is -2.43. The van der Waals surface area contributed by atoms with Gasteiger partial charge in [-0.1, -0.05) is 0 Å². The van der Waals surface area contributed by atoms with Crippen molar-refractivity contribution in [1.29, 1.82) is 0 Å². The molecule has 0 aromatic heterocycles. The first-order valence-electron chi connectivity index (χ1n) is 6.04. The number of nitrogens with two attached hydrogens (primary N) is 1. The normalized spacial score (nSPS) is 12.0. The molecule has 106 valence electrons. The maximum Gasteiger partial charge on any atom is 0.236 e. The Labute approximate surface area is 108 Å². The molecular formula is C11H24N4O3. The molecule has 0 radical (unpaired) electrons. The minimum Gasteiger partial charge on any atom is -0.395 e. The van der Waals surface area contributed by atoms with E-state index in [1.807, 2.05) is 0 Å². The third-order valence-electron chi connectivity index (χ3n) is 2.39. The number of aliphatic hydroxyl groups is 1. The lowest BCUT2D eigenvalue weighted by atomic mass is 10.1. The predicted molar refractivity (Wildman–Crippen MR) is 68.9 cm³/mol. The van der Waals surface area contributed by atoms with E-state index in [2.05, 4.69) is 10.6 Å². The van der Waals surface area contributed by atoms with Gasteiger partial charge < -0.3 is 26.4 Å². The third-order valence-corrected chi connectivity index (χ3v) is 2.39. The van der Waals surface area contributed by atoms with Crippen molar-refractivity contribution in [2.45, 2.75) is 18.9 Å². The molecule has 0 aliphatic carbocycles. The second kappa shape index (κ2) is 9.81. The number of hydrogen-bond acceptors (Lipinski definition) is 5. The highest BCUT2D eigenvalue weighted by Gasteiger charge is 2.15. The van der Waals surface area contributed by atoms with Gasteiger partial charge in [-0.15, -0.1) is 0 Å². The lowest BCUT2D eigenvalue weighted by molar-refractivity contribution is -0.129. The molecule has 1 unspecified atom stereocenters. The molecule has 0 heterocycles. The van der Waals surface area contributed by atoms with Crippen LogP contribution in [0, 0.1) is 0 Å². The average molecular weight is 260 g/mol. The highest BCUT2D eigenvalue weighted by Crippen LogP contribution is 1.97. The largest absolute Gasteiger partial charge is 0.395 e. The molecule has 0 aliphatic rings. The Morgan fingerprint density at radius 3 is 2.50 bits per heavy atom. The molecule has 18 heavy (non-hydrogen) atoms. The van der Waals surface area contributed by atoms with E-state index in [-0.39, 0.29) is 24.8 Å². The minimum atomic E-state index is -0.660.